The Bertz CT molecular complexity index is 814. The Labute approximate surface area is 153 Å². The number of aromatic amines is 1. The Balaban J connectivity index is 1.60. The van der Waals surface area contributed by atoms with Crippen molar-refractivity contribution >= 4 is 23.4 Å². The average Bonchev–Trinajstić information content (AvgIpc) is 3.17. The fourth-order valence-corrected chi connectivity index (χ4v) is 3.02. The van der Waals surface area contributed by atoms with E-state index in [2.05, 4.69) is 15.2 Å². The van der Waals surface area contributed by atoms with E-state index in [-0.39, 0.29) is 12.5 Å². The van der Waals surface area contributed by atoms with E-state index in [9.17, 15) is 9.59 Å². The number of nitrogens with one attached hydrogen (secondary N) is 2. The van der Waals surface area contributed by atoms with Gasteiger partial charge in [-0.25, -0.2) is 9.78 Å². The number of carbonyl (C=O) groups excluding carboxylic acids is 2. The van der Waals surface area contributed by atoms with Gasteiger partial charge in [0, 0.05) is 5.69 Å². The van der Waals surface area contributed by atoms with Gasteiger partial charge < -0.3 is 10.1 Å². The summed E-state index contributed by atoms with van der Waals surface area (Å²) in [4.78, 5) is 29.8. The number of H-pyrrole nitrogens is 1. The number of carbonyl (C=O) groups is 2. The van der Waals surface area contributed by atoms with Crippen molar-refractivity contribution < 1.29 is 19.3 Å². The average molecular weight is 354 g/mol. The highest BCUT2D eigenvalue weighted by Gasteiger charge is 2.27. The molecule has 2 N–H and O–H groups in total. The minimum Gasteiger partial charge on any atom is -0.452 e. The summed E-state index contributed by atoms with van der Waals surface area (Å²) in [7, 11) is 0. The molecule has 6 heteroatoms. The summed E-state index contributed by atoms with van der Waals surface area (Å²) in [5.41, 5.74) is 3.40. The van der Waals surface area contributed by atoms with Crippen LogP contribution in [0.4, 0.5) is 11.5 Å². The van der Waals surface area contributed by atoms with Crippen LogP contribution in [0.15, 0.2) is 36.5 Å². The summed E-state index contributed by atoms with van der Waals surface area (Å²) >= 11 is 0. The number of ether oxygens (including phenoxy) is 1. The molecule has 2 aromatic rings. The van der Waals surface area contributed by atoms with Gasteiger partial charge >= 0.3 is 5.97 Å². The third kappa shape index (κ3) is 4.20. The first-order valence-electron chi connectivity index (χ1n) is 8.84. The van der Waals surface area contributed by atoms with Crippen molar-refractivity contribution in [3.8, 4) is 0 Å². The van der Waals surface area contributed by atoms with Crippen LogP contribution in [-0.2, 0) is 9.53 Å². The molecule has 1 amide bonds. The van der Waals surface area contributed by atoms with Crippen LogP contribution in [0.2, 0.25) is 0 Å². The number of benzene rings is 1. The van der Waals surface area contributed by atoms with Gasteiger partial charge in [0.2, 0.25) is 0 Å². The van der Waals surface area contributed by atoms with Gasteiger partial charge in [-0.05, 0) is 62.1 Å². The number of aromatic nitrogens is 1. The number of esters is 1. The Hall–Kier alpha value is -2.89. The monoisotopic (exact) mass is 354 g/mol. The lowest BCUT2D eigenvalue weighted by atomic mass is 10.1. The second kappa shape index (κ2) is 7.99. The van der Waals surface area contributed by atoms with Gasteiger partial charge in [0.1, 0.15) is 5.56 Å². The third-order valence-corrected chi connectivity index (χ3v) is 4.60. The van der Waals surface area contributed by atoms with Crippen molar-refractivity contribution in [1.29, 1.82) is 0 Å². The highest BCUT2D eigenvalue weighted by molar-refractivity contribution is 5.97. The molecule has 1 aromatic carbocycles. The fraction of sp³-hybridized carbons (Fsp3) is 0.350. The lowest BCUT2D eigenvalue weighted by Crippen LogP contribution is -2.29. The van der Waals surface area contributed by atoms with Crippen molar-refractivity contribution in [2.45, 2.75) is 26.7 Å². The molecule has 0 bridgehead atoms. The molecule has 1 aliphatic rings. The van der Waals surface area contributed by atoms with E-state index in [0.717, 1.165) is 42.9 Å². The summed E-state index contributed by atoms with van der Waals surface area (Å²) in [5.74, 6) is -0.104. The van der Waals surface area contributed by atoms with E-state index >= 15 is 0 Å². The number of nitrogens with zero attached hydrogens (tertiary/aromatic N) is 1. The van der Waals surface area contributed by atoms with Crippen molar-refractivity contribution in [3.05, 3.63) is 53.2 Å². The summed E-state index contributed by atoms with van der Waals surface area (Å²) in [6, 6.07) is 9.14. The zero-order chi connectivity index (χ0) is 18.5. The molecule has 0 saturated carbocycles. The second-order valence-electron chi connectivity index (χ2n) is 6.55. The van der Waals surface area contributed by atoms with Gasteiger partial charge in [0.15, 0.2) is 6.61 Å². The van der Waals surface area contributed by atoms with E-state index in [1.807, 2.05) is 32.0 Å². The number of hydrogen-bond donors (Lipinski definition) is 1. The van der Waals surface area contributed by atoms with Gasteiger partial charge in [-0.2, -0.15) is 0 Å². The van der Waals surface area contributed by atoms with E-state index in [0.29, 0.717) is 11.3 Å². The van der Waals surface area contributed by atoms with Gasteiger partial charge in [-0.15, -0.1) is 0 Å². The Morgan fingerprint density at radius 2 is 1.92 bits per heavy atom. The maximum atomic E-state index is 12.4. The molecule has 0 atom stereocenters. The van der Waals surface area contributed by atoms with E-state index in [1.54, 1.807) is 18.3 Å². The topological polar surface area (TPSA) is 72.8 Å². The highest BCUT2D eigenvalue weighted by atomic mass is 16.5. The van der Waals surface area contributed by atoms with Crippen LogP contribution in [-0.4, -0.2) is 31.6 Å². The molecule has 6 nitrogen and oxygen atoms in total. The summed E-state index contributed by atoms with van der Waals surface area (Å²) < 4.78 is 5.22. The lowest BCUT2D eigenvalue weighted by Gasteiger charge is -2.12. The van der Waals surface area contributed by atoms with E-state index in [1.165, 1.54) is 0 Å². The molecule has 1 aromatic heterocycles. The highest BCUT2D eigenvalue weighted by Crippen LogP contribution is 2.20. The first-order valence-corrected chi connectivity index (χ1v) is 8.84. The van der Waals surface area contributed by atoms with Gasteiger partial charge in [0.05, 0.1) is 19.3 Å². The number of amides is 1. The van der Waals surface area contributed by atoms with Crippen molar-refractivity contribution in [2.75, 3.05) is 29.9 Å². The zero-order valence-electron chi connectivity index (χ0n) is 15.2. The summed E-state index contributed by atoms with van der Waals surface area (Å²) in [5, 5.41) is 2.75. The molecule has 1 fully saturated rings. The van der Waals surface area contributed by atoms with Gasteiger partial charge in [0.25, 0.3) is 11.7 Å². The molecule has 136 valence electrons. The molecule has 1 aliphatic heterocycles. The van der Waals surface area contributed by atoms with Crippen molar-refractivity contribution in [2.24, 2.45) is 0 Å². The first kappa shape index (κ1) is 17.9. The number of anilines is 2. The molecule has 0 radical (unpaired) electrons. The predicted octanol–water partition coefficient (Wildman–Crippen LogP) is 2.51. The van der Waals surface area contributed by atoms with Gasteiger partial charge in [-0.3, -0.25) is 9.69 Å². The van der Waals surface area contributed by atoms with Crippen LogP contribution in [0.1, 0.15) is 34.3 Å². The number of rotatable bonds is 5. The zero-order valence-corrected chi connectivity index (χ0v) is 15.2. The molecule has 2 heterocycles. The Morgan fingerprint density at radius 1 is 1.15 bits per heavy atom. The largest absolute Gasteiger partial charge is 0.452 e. The molecule has 0 unspecified atom stereocenters. The molecule has 26 heavy (non-hydrogen) atoms. The predicted molar refractivity (Wildman–Crippen MR) is 99.3 cm³/mol. The van der Waals surface area contributed by atoms with Crippen LogP contribution >= 0.6 is 0 Å². The van der Waals surface area contributed by atoms with E-state index in [4.69, 9.17) is 4.74 Å². The maximum absolute atomic E-state index is 12.4. The molecule has 0 spiro atoms. The van der Waals surface area contributed by atoms with E-state index < -0.39 is 5.97 Å². The summed E-state index contributed by atoms with van der Waals surface area (Å²) in [6.07, 6.45) is 4.00. The smallest absolute Gasteiger partial charge is 0.347 e. The quantitative estimate of drug-likeness (QED) is 0.838. The molecular formula is C20H24N3O3+. The molecule has 0 aliphatic carbocycles. The van der Waals surface area contributed by atoms with Gasteiger partial charge in [-0.1, -0.05) is 6.07 Å². The lowest BCUT2D eigenvalue weighted by molar-refractivity contribution is -0.364. The first-order chi connectivity index (χ1) is 12.5. The number of hydrogen-bond acceptors (Lipinski definition) is 4. The SMILES string of the molecule is Cc1ccc(NC(=O)COC(=O)c2ccc[nH+]c2N2CCCC2)cc1C. The minimum absolute atomic E-state index is 0.319. The standard InChI is InChI=1S/C20H23N3O3/c1-14-7-8-16(12-15(14)2)22-18(24)13-26-20(25)17-6-5-9-21-19(17)23-10-3-4-11-23/h5-9,12H,3-4,10-11,13H2,1-2H3,(H,22,24)/p+1. The normalized spacial score (nSPS) is 13.5. The van der Waals surface area contributed by atoms with Crippen LogP contribution in [0.25, 0.3) is 0 Å². The van der Waals surface area contributed by atoms with Crippen LogP contribution in [0.5, 0.6) is 0 Å². The Kier molecular flexibility index (Phi) is 5.51. The number of pyridine rings is 1. The fourth-order valence-electron chi connectivity index (χ4n) is 3.02. The number of aryl methyl sites for hydroxylation is 2. The van der Waals surface area contributed by atoms with Crippen molar-refractivity contribution in [3.63, 3.8) is 0 Å². The second-order valence-corrected chi connectivity index (χ2v) is 6.55. The molecular weight excluding hydrogens is 330 g/mol. The van der Waals surface area contributed by atoms with Crippen LogP contribution in [0.3, 0.4) is 0 Å². The Morgan fingerprint density at radius 3 is 2.65 bits per heavy atom. The van der Waals surface area contributed by atoms with Crippen LogP contribution < -0.4 is 15.2 Å². The molecule has 1 saturated heterocycles. The van der Waals surface area contributed by atoms with Crippen LogP contribution in [0, 0.1) is 13.8 Å². The third-order valence-electron chi connectivity index (χ3n) is 4.60. The summed E-state index contributed by atoms with van der Waals surface area (Å²) in [6.45, 7) is 5.50. The maximum Gasteiger partial charge on any atom is 0.347 e. The minimum atomic E-state index is -0.501. The molecule has 3 rings (SSSR count). The van der Waals surface area contributed by atoms with Crippen molar-refractivity contribution in [1.82, 2.24) is 0 Å².